The Morgan fingerprint density at radius 2 is 2.00 bits per heavy atom. The highest BCUT2D eigenvalue weighted by Gasteiger charge is 2.11. The van der Waals surface area contributed by atoms with Crippen molar-refractivity contribution in [3.63, 3.8) is 0 Å². The fourth-order valence-corrected chi connectivity index (χ4v) is 1.61. The first-order valence-electron chi connectivity index (χ1n) is 6.41. The van der Waals surface area contributed by atoms with Crippen molar-refractivity contribution in [1.82, 2.24) is 10.6 Å². The third-order valence-electron chi connectivity index (χ3n) is 2.92. The lowest BCUT2D eigenvalue weighted by atomic mass is 10.1. The maximum absolute atomic E-state index is 11.6. The summed E-state index contributed by atoms with van der Waals surface area (Å²) in [4.78, 5) is 22.2. The molecule has 0 heterocycles. The fraction of sp³-hybridized carbons (Fsp3) is 0.429. The SMILES string of the molecule is COc1ccccc1CNC(=O)NCCC(C)C(=O)O. The van der Waals surface area contributed by atoms with E-state index in [9.17, 15) is 9.59 Å². The van der Waals surface area contributed by atoms with Gasteiger partial charge in [-0.3, -0.25) is 4.79 Å². The van der Waals surface area contributed by atoms with Gasteiger partial charge in [0.05, 0.1) is 13.0 Å². The van der Waals surface area contributed by atoms with Crippen LogP contribution in [-0.2, 0) is 11.3 Å². The number of carboxylic acids is 1. The molecule has 0 aromatic heterocycles. The second kappa shape index (κ2) is 8.04. The zero-order valence-electron chi connectivity index (χ0n) is 11.7. The molecule has 1 rings (SSSR count). The lowest BCUT2D eigenvalue weighted by Crippen LogP contribution is -2.36. The molecule has 0 saturated heterocycles. The summed E-state index contributed by atoms with van der Waals surface area (Å²) in [7, 11) is 1.58. The van der Waals surface area contributed by atoms with Crippen LogP contribution in [0.2, 0.25) is 0 Å². The number of carbonyl (C=O) groups excluding carboxylic acids is 1. The van der Waals surface area contributed by atoms with Crippen LogP contribution in [-0.4, -0.2) is 30.8 Å². The molecule has 0 fully saturated rings. The number of benzene rings is 1. The van der Waals surface area contributed by atoms with Gasteiger partial charge in [0.2, 0.25) is 0 Å². The van der Waals surface area contributed by atoms with Crippen LogP contribution in [0, 0.1) is 5.92 Å². The van der Waals surface area contributed by atoms with Gasteiger partial charge in [0.1, 0.15) is 5.75 Å². The van der Waals surface area contributed by atoms with E-state index in [0.717, 1.165) is 5.56 Å². The van der Waals surface area contributed by atoms with Crippen LogP contribution >= 0.6 is 0 Å². The van der Waals surface area contributed by atoms with Crippen LogP contribution in [0.4, 0.5) is 4.79 Å². The average Bonchev–Trinajstić information content (AvgIpc) is 2.45. The first-order valence-corrected chi connectivity index (χ1v) is 6.41. The number of hydrogen-bond acceptors (Lipinski definition) is 3. The Kier molecular flexibility index (Phi) is 6.36. The van der Waals surface area contributed by atoms with Gasteiger partial charge in [-0.25, -0.2) is 4.79 Å². The van der Waals surface area contributed by atoms with E-state index < -0.39 is 11.9 Å². The molecule has 1 unspecified atom stereocenters. The summed E-state index contributed by atoms with van der Waals surface area (Å²) in [6.07, 6.45) is 0.400. The number of rotatable bonds is 7. The van der Waals surface area contributed by atoms with E-state index in [1.165, 1.54) is 0 Å². The summed E-state index contributed by atoms with van der Waals surface area (Å²) < 4.78 is 5.18. The van der Waals surface area contributed by atoms with Gasteiger partial charge < -0.3 is 20.5 Å². The lowest BCUT2D eigenvalue weighted by Gasteiger charge is -2.11. The highest BCUT2D eigenvalue weighted by Crippen LogP contribution is 2.16. The smallest absolute Gasteiger partial charge is 0.315 e. The molecular weight excluding hydrogens is 260 g/mol. The number of carbonyl (C=O) groups is 2. The monoisotopic (exact) mass is 280 g/mol. The number of nitrogens with one attached hydrogen (secondary N) is 2. The highest BCUT2D eigenvalue weighted by atomic mass is 16.5. The van der Waals surface area contributed by atoms with Gasteiger partial charge in [0, 0.05) is 18.7 Å². The second-order valence-electron chi connectivity index (χ2n) is 4.45. The van der Waals surface area contributed by atoms with Gasteiger partial charge in [-0.1, -0.05) is 25.1 Å². The summed E-state index contributed by atoms with van der Waals surface area (Å²) >= 11 is 0. The maximum Gasteiger partial charge on any atom is 0.315 e. The number of urea groups is 1. The van der Waals surface area contributed by atoms with Crippen molar-refractivity contribution in [2.75, 3.05) is 13.7 Å². The van der Waals surface area contributed by atoms with Gasteiger partial charge >= 0.3 is 12.0 Å². The summed E-state index contributed by atoms with van der Waals surface area (Å²) in [6, 6.07) is 7.09. The first-order chi connectivity index (χ1) is 9.54. The number of hydrogen-bond donors (Lipinski definition) is 3. The lowest BCUT2D eigenvalue weighted by molar-refractivity contribution is -0.141. The minimum atomic E-state index is -0.860. The van der Waals surface area contributed by atoms with Crippen LogP contribution in [0.1, 0.15) is 18.9 Å². The average molecular weight is 280 g/mol. The Bertz CT molecular complexity index is 462. The van der Waals surface area contributed by atoms with Crippen LogP contribution < -0.4 is 15.4 Å². The molecule has 6 nitrogen and oxygen atoms in total. The zero-order chi connectivity index (χ0) is 15.0. The third-order valence-corrected chi connectivity index (χ3v) is 2.92. The maximum atomic E-state index is 11.6. The minimum absolute atomic E-state index is 0.325. The predicted molar refractivity (Wildman–Crippen MR) is 74.6 cm³/mol. The van der Waals surface area contributed by atoms with E-state index in [-0.39, 0.29) is 6.03 Å². The summed E-state index contributed by atoms with van der Waals surface area (Å²) in [5.41, 5.74) is 0.879. The minimum Gasteiger partial charge on any atom is -0.496 e. The van der Waals surface area contributed by atoms with E-state index in [0.29, 0.717) is 25.3 Å². The molecule has 6 heteroatoms. The Labute approximate surface area is 118 Å². The third kappa shape index (κ3) is 5.17. The highest BCUT2D eigenvalue weighted by molar-refractivity contribution is 5.74. The van der Waals surface area contributed by atoms with E-state index in [1.54, 1.807) is 14.0 Å². The Morgan fingerprint density at radius 3 is 2.65 bits per heavy atom. The molecule has 3 N–H and O–H groups in total. The van der Waals surface area contributed by atoms with E-state index in [1.807, 2.05) is 24.3 Å². The summed E-state index contributed by atoms with van der Waals surface area (Å²) in [5, 5.41) is 14.0. The molecular formula is C14H20N2O4. The van der Waals surface area contributed by atoms with Crippen LogP contribution in [0.25, 0.3) is 0 Å². The van der Waals surface area contributed by atoms with Crippen molar-refractivity contribution in [1.29, 1.82) is 0 Å². The quantitative estimate of drug-likeness (QED) is 0.708. The Morgan fingerprint density at radius 1 is 1.30 bits per heavy atom. The van der Waals surface area contributed by atoms with Crippen LogP contribution in [0.5, 0.6) is 5.75 Å². The topological polar surface area (TPSA) is 87.7 Å². The molecule has 2 amide bonds. The Balaban J connectivity index is 2.31. The predicted octanol–water partition coefficient (Wildman–Crippen LogP) is 1.61. The fourth-order valence-electron chi connectivity index (χ4n) is 1.61. The number of methoxy groups -OCH3 is 1. The molecule has 20 heavy (non-hydrogen) atoms. The molecule has 0 saturated carbocycles. The second-order valence-corrected chi connectivity index (χ2v) is 4.45. The number of ether oxygens (including phenoxy) is 1. The van der Waals surface area contributed by atoms with Crippen molar-refractivity contribution in [2.24, 2.45) is 5.92 Å². The summed E-state index contributed by atoms with van der Waals surface area (Å²) in [5.74, 6) is -0.613. The number of amides is 2. The van der Waals surface area contributed by atoms with Crippen molar-refractivity contribution >= 4 is 12.0 Å². The van der Waals surface area contributed by atoms with Gasteiger partial charge in [-0.15, -0.1) is 0 Å². The molecule has 1 aromatic carbocycles. The molecule has 0 aliphatic rings. The standard InChI is InChI=1S/C14H20N2O4/c1-10(13(17)18)7-8-15-14(19)16-9-11-5-3-4-6-12(11)20-2/h3-6,10H,7-9H2,1-2H3,(H,17,18)(H2,15,16,19). The number of para-hydroxylation sites is 1. The molecule has 0 radical (unpaired) electrons. The normalized spacial score (nSPS) is 11.5. The van der Waals surface area contributed by atoms with Crippen molar-refractivity contribution in [3.05, 3.63) is 29.8 Å². The van der Waals surface area contributed by atoms with Gasteiger partial charge in [0.15, 0.2) is 0 Å². The molecule has 0 aliphatic carbocycles. The van der Waals surface area contributed by atoms with Gasteiger partial charge in [-0.05, 0) is 12.5 Å². The number of aliphatic carboxylic acids is 1. The molecule has 0 bridgehead atoms. The van der Waals surface area contributed by atoms with E-state index in [2.05, 4.69) is 10.6 Å². The molecule has 110 valence electrons. The van der Waals surface area contributed by atoms with Crippen molar-refractivity contribution in [3.8, 4) is 5.75 Å². The Hall–Kier alpha value is -2.24. The van der Waals surface area contributed by atoms with Crippen molar-refractivity contribution in [2.45, 2.75) is 19.9 Å². The summed E-state index contributed by atoms with van der Waals surface area (Å²) in [6.45, 7) is 2.28. The first kappa shape index (κ1) is 15.8. The van der Waals surface area contributed by atoms with E-state index in [4.69, 9.17) is 9.84 Å². The molecule has 1 aromatic rings. The van der Waals surface area contributed by atoms with Crippen LogP contribution in [0.15, 0.2) is 24.3 Å². The van der Waals surface area contributed by atoms with E-state index >= 15 is 0 Å². The number of carboxylic acid groups (broad SMARTS) is 1. The molecule has 0 spiro atoms. The van der Waals surface area contributed by atoms with Crippen molar-refractivity contribution < 1.29 is 19.4 Å². The molecule has 1 atom stereocenters. The zero-order valence-corrected chi connectivity index (χ0v) is 11.7. The molecule has 0 aliphatic heterocycles. The van der Waals surface area contributed by atoms with Gasteiger partial charge in [-0.2, -0.15) is 0 Å². The largest absolute Gasteiger partial charge is 0.496 e. The van der Waals surface area contributed by atoms with Crippen LogP contribution in [0.3, 0.4) is 0 Å². The van der Waals surface area contributed by atoms with Gasteiger partial charge in [0.25, 0.3) is 0 Å².